The summed E-state index contributed by atoms with van der Waals surface area (Å²) in [5.41, 5.74) is 0.0447. The van der Waals surface area contributed by atoms with Gasteiger partial charge in [-0.3, -0.25) is 4.79 Å². The van der Waals surface area contributed by atoms with Crippen LogP contribution in [0.1, 0.15) is 45.4 Å². The van der Waals surface area contributed by atoms with Crippen molar-refractivity contribution in [1.29, 1.82) is 0 Å². The van der Waals surface area contributed by atoms with Crippen molar-refractivity contribution >= 4 is 50.4 Å². The van der Waals surface area contributed by atoms with E-state index < -0.39 is 27.9 Å². The fraction of sp³-hybridized carbons (Fsp3) is 0.429. The maximum atomic E-state index is 15.6. The van der Waals surface area contributed by atoms with Crippen molar-refractivity contribution in [2.24, 2.45) is 0 Å². The zero-order valence-electron chi connectivity index (χ0n) is 18.0. The summed E-state index contributed by atoms with van der Waals surface area (Å²) in [5.74, 6) is -2.00. The monoisotopic (exact) mass is 544 g/mol. The van der Waals surface area contributed by atoms with Crippen molar-refractivity contribution in [3.05, 3.63) is 55.2 Å². The van der Waals surface area contributed by atoms with Crippen LogP contribution in [0.25, 0.3) is 0 Å². The first kappa shape index (κ1) is 23.9. The van der Waals surface area contributed by atoms with Gasteiger partial charge in [-0.05, 0) is 42.8 Å². The predicted octanol–water partition coefficient (Wildman–Crippen LogP) is 4.20. The molecule has 0 aromatic carbocycles. The Hall–Kier alpha value is -1.83. The zero-order valence-corrected chi connectivity index (χ0v) is 21.2. The molecule has 182 valence electrons. The SMILES string of the molecule is O=C(c1cccs1)n1nc(C2CCN(S(=O)(=O)N3CCCC3)C2)c(F)c1OCc1ccc(Cl)s1. The van der Waals surface area contributed by atoms with Crippen LogP contribution < -0.4 is 4.74 Å². The maximum absolute atomic E-state index is 15.6. The second-order valence-corrected chi connectivity index (χ2v) is 12.8. The average molecular weight is 545 g/mol. The lowest BCUT2D eigenvalue weighted by molar-refractivity contribution is 0.0930. The molecule has 0 spiro atoms. The molecule has 2 aliphatic rings. The third-order valence-electron chi connectivity index (χ3n) is 5.97. The molecule has 3 aromatic heterocycles. The highest BCUT2D eigenvalue weighted by Gasteiger charge is 2.40. The molecule has 0 amide bonds. The number of halogens is 2. The van der Waals surface area contributed by atoms with Crippen LogP contribution >= 0.6 is 34.3 Å². The molecule has 13 heteroatoms. The van der Waals surface area contributed by atoms with Crippen LogP contribution in [0, 0.1) is 5.82 Å². The van der Waals surface area contributed by atoms with E-state index in [4.69, 9.17) is 16.3 Å². The van der Waals surface area contributed by atoms with Gasteiger partial charge in [-0.2, -0.15) is 31.2 Å². The van der Waals surface area contributed by atoms with Crippen LogP contribution in [0.4, 0.5) is 4.39 Å². The highest BCUT2D eigenvalue weighted by Crippen LogP contribution is 2.35. The van der Waals surface area contributed by atoms with Gasteiger partial charge >= 0.3 is 0 Å². The van der Waals surface area contributed by atoms with Gasteiger partial charge in [0.2, 0.25) is 5.82 Å². The number of hydrogen-bond donors (Lipinski definition) is 0. The number of rotatable bonds is 7. The lowest BCUT2D eigenvalue weighted by atomic mass is 10.1. The Bertz CT molecular complexity index is 1290. The molecule has 34 heavy (non-hydrogen) atoms. The lowest BCUT2D eigenvalue weighted by Crippen LogP contribution is -2.41. The van der Waals surface area contributed by atoms with Gasteiger partial charge < -0.3 is 4.74 Å². The minimum atomic E-state index is -3.59. The molecule has 2 fully saturated rings. The molecule has 2 saturated heterocycles. The Kier molecular flexibility index (Phi) is 6.79. The number of nitrogens with zero attached hydrogens (tertiary/aromatic N) is 4. The van der Waals surface area contributed by atoms with E-state index in [1.54, 1.807) is 29.6 Å². The van der Waals surface area contributed by atoms with Crippen molar-refractivity contribution in [2.75, 3.05) is 26.2 Å². The number of hydrogen-bond acceptors (Lipinski definition) is 7. The van der Waals surface area contributed by atoms with Gasteiger partial charge in [0.15, 0.2) is 0 Å². The number of carbonyl (C=O) groups excluding carboxylic acids is 1. The van der Waals surface area contributed by atoms with E-state index >= 15 is 4.39 Å². The van der Waals surface area contributed by atoms with E-state index in [0.29, 0.717) is 28.7 Å². The van der Waals surface area contributed by atoms with Crippen molar-refractivity contribution in [3.8, 4) is 5.88 Å². The minimum Gasteiger partial charge on any atom is -0.470 e. The standard InChI is InChI=1S/C21H22ClFN4O4S3/c22-17-6-5-15(33-17)13-31-21-18(23)19(24-27(21)20(28)16-4-3-11-32-16)14-7-10-26(12-14)34(29,30)25-8-1-2-9-25/h3-6,11,14H,1-2,7-10,12-13H2. The maximum Gasteiger partial charge on any atom is 0.291 e. The van der Waals surface area contributed by atoms with E-state index in [9.17, 15) is 13.2 Å². The molecule has 0 N–H and O–H groups in total. The molecule has 5 heterocycles. The smallest absolute Gasteiger partial charge is 0.291 e. The molecule has 0 saturated carbocycles. The number of carbonyl (C=O) groups is 1. The molecule has 2 aliphatic heterocycles. The fourth-order valence-electron chi connectivity index (χ4n) is 4.24. The topological polar surface area (TPSA) is 84.7 Å². The Morgan fingerprint density at radius 2 is 2.00 bits per heavy atom. The normalized spacial score (nSPS) is 19.8. The van der Waals surface area contributed by atoms with Gasteiger partial charge in [-0.15, -0.1) is 22.7 Å². The van der Waals surface area contributed by atoms with Crippen LogP contribution in [-0.4, -0.2) is 58.9 Å². The van der Waals surface area contributed by atoms with Gasteiger partial charge in [0, 0.05) is 37.0 Å². The summed E-state index contributed by atoms with van der Waals surface area (Å²) in [7, 11) is -3.59. The average Bonchev–Trinajstić information content (AvgIpc) is 3.63. The predicted molar refractivity (Wildman–Crippen MR) is 129 cm³/mol. The van der Waals surface area contributed by atoms with Crippen molar-refractivity contribution in [3.63, 3.8) is 0 Å². The van der Waals surface area contributed by atoms with E-state index in [1.165, 1.54) is 31.3 Å². The first-order chi connectivity index (χ1) is 16.3. The molecule has 0 aliphatic carbocycles. The highest BCUT2D eigenvalue weighted by molar-refractivity contribution is 7.86. The summed E-state index contributed by atoms with van der Waals surface area (Å²) >= 11 is 8.49. The van der Waals surface area contributed by atoms with Crippen molar-refractivity contribution < 1.29 is 22.3 Å². The molecule has 0 radical (unpaired) electrons. The van der Waals surface area contributed by atoms with Gasteiger partial charge in [0.25, 0.3) is 22.0 Å². The second kappa shape index (κ2) is 9.67. The Morgan fingerprint density at radius 1 is 1.21 bits per heavy atom. The van der Waals surface area contributed by atoms with Crippen molar-refractivity contribution in [2.45, 2.75) is 31.8 Å². The van der Waals surface area contributed by atoms with E-state index in [-0.39, 0.29) is 31.3 Å². The van der Waals surface area contributed by atoms with Gasteiger partial charge in [0.1, 0.15) is 12.3 Å². The summed E-state index contributed by atoms with van der Waals surface area (Å²) in [6.07, 6.45) is 2.10. The largest absolute Gasteiger partial charge is 0.470 e. The first-order valence-electron chi connectivity index (χ1n) is 10.8. The molecular weight excluding hydrogens is 523 g/mol. The molecular formula is C21H22ClFN4O4S3. The van der Waals surface area contributed by atoms with Gasteiger partial charge in [-0.1, -0.05) is 17.7 Å². The van der Waals surface area contributed by atoms with E-state index in [0.717, 1.165) is 22.4 Å². The summed E-state index contributed by atoms with van der Waals surface area (Å²) in [5, 5.41) is 6.05. The highest BCUT2D eigenvalue weighted by atomic mass is 35.5. The van der Waals surface area contributed by atoms with E-state index in [1.807, 2.05) is 0 Å². The number of thiophene rings is 2. The number of aromatic nitrogens is 2. The molecule has 0 bridgehead atoms. The molecule has 1 atom stereocenters. The zero-order chi connectivity index (χ0) is 23.9. The van der Waals surface area contributed by atoms with Crippen LogP contribution in [0.5, 0.6) is 5.88 Å². The minimum absolute atomic E-state index is 0.0251. The summed E-state index contributed by atoms with van der Waals surface area (Å²) in [4.78, 5) is 14.2. The summed E-state index contributed by atoms with van der Waals surface area (Å²) < 4.78 is 51.6. The first-order valence-corrected chi connectivity index (χ1v) is 14.3. The van der Waals surface area contributed by atoms with Crippen molar-refractivity contribution in [1.82, 2.24) is 18.4 Å². The molecule has 5 rings (SSSR count). The quantitative estimate of drug-likeness (QED) is 0.445. The summed E-state index contributed by atoms with van der Waals surface area (Å²) in [6, 6.07) is 6.85. The fourth-order valence-corrected chi connectivity index (χ4v) is 7.64. The van der Waals surface area contributed by atoms with Gasteiger partial charge in [-0.25, -0.2) is 0 Å². The molecule has 1 unspecified atom stereocenters. The number of ether oxygens (including phenoxy) is 1. The Balaban J connectivity index is 1.42. The van der Waals surface area contributed by atoms with Crippen LogP contribution in [0.15, 0.2) is 29.6 Å². The third kappa shape index (κ3) is 4.54. The van der Waals surface area contributed by atoms with E-state index in [2.05, 4.69) is 5.10 Å². The molecule has 8 nitrogen and oxygen atoms in total. The van der Waals surface area contributed by atoms with Crippen LogP contribution in [0.3, 0.4) is 0 Å². The molecule has 3 aromatic rings. The summed E-state index contributed by atoms with van der Waals surface area (Å²) in [6.45, 7) is 1.43. The van der Waals surface area contributed by atoms with Gasteiger partial charge in [0.05, 0.1) is 9.21 Å². The lowest BCUT2D eigenvalue weighted by Gasteiger charge is -2.23. The van der Waals surface area contributed by atoms with Crippen LogP contribution in [0.2, 0.25) is 4.34 Å². The second-order valence-electron chi connectivity index (χ2n) is 8.15. The third-order valence-corrected chi connectivity index (χ3v) is 10.0. The Labute approximate surface area is 209 Å². The van der Waals surface area contributed by atoms with Crippen LogP contribution in [-0.2, 0) is 16.8 Å². The Morgan fingerprint density at radius 3 is 2.68 bits per heavy atom.